The maximum Gasteiger partial charge on any atom is 0.225 e. The van der Waals surface area contributed by atoms with E-state index in [9.17, 15) is 19.2 Å². The lowest BCUT2D eigenvalue weighted by molar-refractivity contribution is -0.134. The van der Waals surface area contributed by atoms with Gasteiger partial charge in [-0.05, 0) is 50.3 Å². The van der Waals surface area contributed by atoms with E-state index < -0.39 is 23.5 Å². The second kappa shape index (κ2) is 15.5. The number of carbonyl (C=O) groups excluding carboxylic acids is 4. The minimum Gasteiger partial charge on any atom is -0.497 e. The maximum atomic E-state index is 14.2. The molecule has 0 radical (unpaired) electrons. The van der Waals surface area contributed by atoms with Crippen LogP contribution in [0.3, 0.4) is 0 Å². The van der Waals surface area contributed by atoms with Gasteiger partial charge in [0, 0.05) is 44.5 Å². The summed E-state index contributed by atoms with van der Waals surface area (Å²) in [5.74, 6) is -0.967. The van der Waals surface area contributed by atoms with Crippen molar-refractivity contribution in [2.45, 2.75) is 76.9 Å². The summed E-state index contributed by atoms with van der Waals surface area (Å²) < 4.78 is 21.5. The molecule has 0 unspecified atom stereocenters. The number of Topliss-reactive ketones (excluding diaryl/α,β-unsaturated/α-hetero) is 3. The monoisotopic (exact) mass is 637 g/mol. The lowest BCUT2D eigenvalue weighted by Gasteiger charge is -2.30. The predicted molar refractivity (Wildman–Crippen MR) is 169 cm³/mol. The highest BCUT2D eigenvalue weighted by Gasteiger charge is 2.50. The number of hydrogen-bond donors (Lipinski definition) is 1. The molecule has 1 aromatic heterocycles. The van der Waals surface area contributed by atoms with Gasteiger partial charge in [-0.2, -0.15) is 0 Å². The third-order valence-corrected chi connectivity index (χ3v) is 9.60. The summed E-state index contributed by atoms with van der Waals surface area (Å²) in [5, 5.41) is 6.84. The first-order valence-corrected chi connectivity index (χ1v) is 16.5. The number of ether oxygens (including phenoxy) is 3. The Bertz CT molecular complexity index is 1360. The van der Waals surface area contributed by atoms with E-state index in [1.165, 1.54) is 0 Å². The predicted octanol–water partition coefficient (Wildman–Crippen LogP) is 3.75. The quantitative estimate of drug-likeness (QED) is 0.201. The number of aryl methyl sites for hydroxylation is 1. The molecule has 2 saturated heterocycles. The van der Waals surface area contributed by atoms with E-state index in [0.717, 1.165) is 31.2 Å². The highest BCUT2D eigenvalue weighted by atomic mass is 16.6. The Balaban J connectivity index is 1.36. The van der Waals surface area contributed by atoms with Crippen LogP contribution in [0.25, 0.3) is 0 Å². The summed E-state index contributed by atoms with van der Waals surface area (Å²) in [6.45, 7) is 6.59. The fourth-order valence-electron chi connectivity index (χ4n) is 6.69. The van der Waals surface area contributed by atoms with Crippen molar-refractivity contribution in [3.05, 3.63) is 47.3 Å². The summed E-state index contributed by atoms with van der Waals surface area (Å²) in [4.78, 5) is 57.0. The summed E-state index contributed by atoms with van der Waals surface area (Å²) in [6, 6.07) is 8.04. The molecule has 250 valence electrons. The number of rotatable bonds is 17. The number of aromatic nitrogens is 1. The molecule has 3 fully saturated rings. The van der Waals surface area contributed by atoms with Gasteiger partial charge in [-0.1, -0.05) is 43.0 Å². The third kappa shape index (κ3) is 9.11. The number of hydrogen-bond acceptors (Lipinski definition) is 10. The van der Waals surface area contributed by atoms with Gasteiger partial charge in [-0.15, -0.1) is 0 Å². The van der Waals surface area contributed by atoms with Crippen LogP contribution in [0.5, 0.6) is 5.75 Å². The van der Waals surface area contributed by atoms with Crippen LogP contribution in [0.1, 0.15) is 73.7 Å². The lowest BCUT2D eigenvalue weighted by Crippen LogP contribution is -2.49. The maximum absolute atomic E-state index is 14.2. The van der Waals surface area contributed by atoms with Gasteiger partial charge in [-0.25, -0.2) is 0 Å². The highest BCUT2D eigenvalue weighted by molar-refractivity contribution is 5.99. The Hall–Kier alpha value is -3.41. The number of amides is 1. The zero-order valence-electron chi connectivity index (χ0n) is 27.3. The Labute approximate surface area is 270 Å². The summed E-state index contributed by atoms with van der Waals surface area (Å²) >= 11 is 0. The standard InChI is InChI=1S/C35H47N3O8/c1-23-16-32(46-37-23)31(40)20-27(21-38-12-14-44-15-13-38)34(42)36-29(18-25-8-10-28(43-3)11-9-25)30(39)19-26(17-24-6-4-5-7-24)33(41)35(2)22-45-35/h8-11,16,24,26-27,29H,4-7,12-15,17-22H2,1-3H3,(H,36,42)/t26-,27-,29+,35-/m1/s1. The van der Waals surface area contributed by atoms with Gasteiger partial charge < -0.3 is 24.1 Å². The smallest absolute Gasteiger partial charge is 0.225 e. The molecule has 1 aromatic carbocycles. The van der Waals surface area contributed by atoms with Crippen LogP contribution in [0.4, 0.5) is 0 Å². The van der Waals surface area contributed by atoms with E-state index in [0.29, 0.717) is 63.2 Å². The Kier molecular flexibility index (Phi) is 11.4. The molecule has 5 rings (SSSR count). The molecule has 3 aliphatic rings. The minimum absolute atomic E-state index is 0.0274. The van der Waals surface area contributed by atoms with Crippen LogP contribution >= 0.6 is 0 Å². The number of methoxy groups -OCH3 is 1. The Morgan fingerprint density at radius 1 is 1.07 bits per heavy atom. The van der Waals surface area contributed by atoms with Gasteiger partial charge in [-0.3, -0.25) is 24.1 Å². The molecule has 46 heavy (non-hydrogen) atoms. The van der Waals surface area contributed by atoms with Crippen molar-refractivity contribution < 1.29 is 37.9 Å². The number of nitrogens with one attached hydrogen (secondary N) is 1. The van der Waals surface area contributed by atoms with Gasteiger partial charge in [0.25, 0.3) is 0 Å². The molecule has 2 aromatic rings. The van der Waals surface area contributed by atoms with Gasteiger partial charge in [0.1, 0.15) is 11.4 Å². The Morgan fingerprint density at radius 3 is 2.37 bits per heavy atom. The van der Waals surface area contributed by atoms with Crippen LogP contribution < -0.4 is 10.1 Å². The number of ketones is 3. The van der Waals surface area contributed by atoms with E-state index in [2.05, 4.69) is 15.4 Å². The summed E-state index contributed by atoms with van der Waals surface area (Å²) in [6.07, 6.45) is 5.22. The molecule has 1 N–H and O–H groups in total. The van der Waals surface area contributed by atoms with Crippen LogP contribution in [0.2, 0.25) is 0 Å². The first kappa shape index (κ1) is 33.9. The van der Waals surface area contributed by atoms with Crippen LogP contribution in [-0.4, -0.2) is 91.5 Å². The third-order valence-electron chi connectivity index (χ3n) is 9.60. The molecule has 11 heteroatoms. The van der Waals surface area contributed by atoms with Crippen molar-refractivity contribution in [1.29, 1.82) is 0 Å². The van der Waals surface area contributed by atoms with E-state index >= 15 is 0 Å². The van der Waals surface area contributed by atoms with E-state index in [-0.39, 0.29) is 48.3 Å². The molecule has 1 aliphatic carbocycles. The molecule has 0 bridgehead atoms. The highest BCUT2D eigenvalue weighted by Crippen LogP contribution is 2.37. The molecule has 1 saturated carbocycles. The molecule has 3 heterocycles. The van der Waals surface area contributed by atoms with Crippen LogP contribution in [0.15, 0.2) is 34.9 Å². The molecular formula is C35H47N3O8. The number of benzene rings is 1. The normalized spacial score (nSPS) is 22.2. The van der Waals surface area contributed by atoms with Crippen molar-refractivity contribution in [3.63, 3.8) is 0 Å². The molecule has 4 atom stereocenters. The Morgan fingerprint density at radius 2 is 1.76 bits per heavy atom. The second-order valence-corrected chi connectivity index (χ2v) is 13.3. The number of carbonyl (C=O) groups is 4. The largest absolute Gasteiger partial charge is 0.497 e. The molecule has 1 amide bonds. The number of nitrogens with zero attached hydrogens (tertiary/aromatic N) is 2. The minimum atomic E-state index is -0.887. The molecule has 2 aliphatic heterocycles. The second-order valence-electron chi connectivity index (χ2n) is 13.3. The van der Waals surface area contributed by atoms with Crippen molar-refractivity contribution in [3.8, 4) is 5.75 Å². The van der Waals surface area contributed by atoms with Crippen molar-refractivity contribution in [2.24, 2.45) is 17.8 Å². The summed E-state index contributed by atoms with van der Waals surface area (Å²) in [7, 11) is 1.59. The van der Waals surface area contributed by atoms with Crippen molar-refractivity contribution in [2.75, 3.05) is 46.6 Å². The zero-order valence-corrected chi connectivity index (χ0v) is 27.3. The SMILES string of the molecule is COc1ccc(C[C@H](NC(=O)[C@H](CC(=O)c2cc(C)no2)CN2CCOCC2)C(=O)C[C@@H](CC2CCCC2)C(=O)[C@@]2(C)CO2)cc1. The van der Waals surface area contributed by atoms with Gasteiger partial charge in [0.15, 0.2) is 11.6 Å². The van der Waals surface area contributed by atoms with Gasteiger partial charge in [0.2, 0.25) is 17.5 Å². The first-order chi connectivity index (χ1) is 22.1. The fraction of sp³-hybridized carbons (Fsp3) is 0.629. The molecular weight excluding hydrogens is 590 g/mol. The van der Waals surface area contributed by atoms with Crippen molar-refractivity contribution >= 4 is 23.3 Å². The van der Waals surface area contributed by atoms with Crippen LogP contribution in [-0.2, 0) is 30.3 Å². The van der Waals surface area contributed by atoms with E-state index in [4.69, 9.17) is 18.7 Å². The topological polar surface area (TPSA) is 141 Å². The average Bonchev–Trinajstić information content (AvgIpc) is 3.38. The lowest BCUT2D eigenvalue weighted by atomic mass is 9.81. The zero-order chi connectivity index (χ0) is 32.7. The number of morpholine rings is 1. The van der Waals surface area contributed by atoms with E-state index in [1.807, 2.05) is 24.3 Å². The molecule has 0 spiro atoms. The number of epoxide rings is 1. The van der Waals surface area contributed by atoms with Crippen molar-refractivity contribution in [1.82, 2.24) is 15.4 Å². The van der Waals surface area contributed by atoms with Gasteiger partial charge >= 0.3 is 0 Å². The first-order valence-electron chi connectivity index (χ1n) is 16.5. The fourth-order valence-corrected chi connectivity index (χ4v) is 6.69. The summed E-state index contributed by atoms with van der Waals surface area (Å²) in [5.41, 5.74) is 0.587. The van der Waals surface area contributed by atoms with Crippen LogP contribution in [0, 0.1) is 24.7 Å². The van der Waals surface area contributed by atoms with E-state index in [1.54, 1.807) is 27.0 Å². The average molecular weight is 638 g/mol. The van der Waals surface area contributed by atoms with Gasteiger partial charge in [0.05, 0.1) is 44.6 Å². The molecule has 11 nitrogen and oxygen atoms in total.